The Balaban J connectivity index is 1.49. The Bertz CT molecular complexity index is 1020. The maximum Gasteiger partial charge on any atom is 0.234 e. The number of thioether (sulfide) groups is 1. The number of halogens is 3. The van der Waals surface area contributed by atoms with Crippen LogP contribution in [-0.4, -0.2) is 26.4 Å². The Morgan fingerprint density at radius 1 is 1.18 bits per heavy atom. The molecule has 1 aliphatic carbocycles. The maximum atomic E-state index is 14.2. The average molecular weight is 437 g/mol. The van der Waals surface area contributed by atoms with Crippen LogP contribution in [0, 0.1) is 5.82 Å². The summed E-state index contributed by atoms with van der Waals surface area (Å²) in [5.41, 5.74) is 0.936. The molecule has 144 valence electrons. The Morgan fingerprint density at radius 3 is 2.57 bits per heavy atom. The van der Waals surface area contributed by atoms with Gasteiger partial charge in [0.25, 0.3) is 0 Å². The van der Waals surface area contributed by atoms with E-state index in [0.29, 0.717) is 32.3 Å². The highest BCUT2D eigenvalue weighted by Crippen LogP contribution is 2.41. The van der Waals surface area contributed by atoms with Gasteiger partial charge >= 0.3 is 0 Å². The molecule has 0 bridgehead atoms. The van der Waals surface area contributed by atoms with Crippen molar-refractivity contribution >= 4 is 46.6 Å². The molecular weight excluding hydrogens is 422 g/mol. The molecule has 1 heterocycles. The van der Waals surface area contributed by atoms with E-state index in [0.717, 1.165) is 12.8 Å². The lowest BCUT2D eigenvalue weighted by molar-refractivity contribution is -0.113. The zero-order chi connectivity index (χ0) is 19.7. The third-order valence-corrected chi connectivity index (χ3v) is 5.55. The number of aromatic nitrogens is 3. The van der Waals surface area contributed by atoms with Crippen molar-refractivity contribution in [3.8, 4) is 11.4 Å². The van der Waals surface area contributed by atoms with E-state index in [1.54, 1.807) is 36.4 Å². The second-order valence-corrected chi connectivity index (χ2v) is 8.20. The van der Waals surface area contributed by atoms with E-state index in [2.05, 4.69) is 15.5 Å². The molecule has 0 aliphatic heterocycles. The molecule has 0 radical (unpaired) electrons. The molecule has 1 amide bonds. The molecule has 1 aromatic heterocycles. The number of nitrogens with zero attached hydrogens (tertiary/aromatic N) is 3. The van der Waals surface area contributed by atoms with E-state index in [-0.39, 0.29) is 23.5 Å². The van der Waals surface area contributed by atoms with Gasteiger partial charge in [-0.1, -0.05) is 47.1 Å². The van der Waals surface area contributed by atoms with Crippen LogP contribution >= 0.6 is 35.0 Å². The first-order chi connectivity index (χ1) is 13.5. The summed E-state index contributed by atoms with van der Waals surface area (Å²) in [5.74, 6) is 0.0573. The van der Waals surface area contributed by atoms with Crippen molar-refractivity contribution in [1.29, 1.82) is 0 Å². The van der Waals surface area contributed by atoms with E-state index in [9.17, 15) is 9.18 Å². The van der Waals surface area contributed by atoms with Crippen LogP contribution in [0.5, 0.6) is 0 Å². The first kappa shape index (κ1) is 19.2. The highest BCUT2D eigenvalue weighted by molar-refractivity contribution is 7.99. The normalized spacial score (nSPS) is 13.5. The SMILES string of the molecule is O=C(CSc1nnc(-c2ccccc2F)n1C1CC1)Nc1cc(Cl)cc(Cl)c1. The fraction of sp³-hybridized carbons (Fsp3) is 0.211. The van der Waals surface area contributed by atoms with Gasteiger partial charge in [0.1, 0.15) is 5.82 Å². The number of anilines is 1. The summed E-state index contributed by atoms with van der Waals surface area (Å²) in [6.07, 6.45) is 1.97. The van der Waals surface area contributed by atoms with E-state index < -0.39 is 0 Å². The van der Waals surface area contributed by atoms with Crippen LogP contribution < -0.4 is 5.32 Å². The van der Waals surface area contributed by atoms with E-state index in [4.69, 9.17) is 23.2 Å². The van der Waals surface area contributed by atoms with Gasteiger partial charge in [0, 0.05) is 21.8 Å². The molecule has 28 heavy (non-hydrogen) atoms. The molecule has 4 rings (SSSR count). The van der Waals surface area contributed by atoms with Crippen molar-refractivity contribution in [2.24, 2.45) is 0 Å². The Hall–Kier alpha value is -2.09. The standard InChI is InChI=1S/C19H15Cl2FN4OS/c20-11-7-12(21)9-13(8-11)23-17(27)10-28-19-25-24-18(26(19)14-5-6-14)15-3-1-2-4-16(15)22/h1-4,7-9,14H,5-6,10H2,(H,23,27). The number of carbonyl (C=O) groups excluding carboxylic acids is 1. The van der Waals surface area contributed by atoms with Crippen molar-refractivity contribution in [1.82, 2.24) is 14.8 Å². The molecule has 0 spiro atoms. The van der Waals surface area contributed by atoms with Gasteiger partial charge in [-0.05, 0) is 43.2 Å². The highest BCUT2D eigenvalue weighted by Gasteiger charge is 2.31. The van der Waals surface area contributed by atoms with Crippen molar-refractivity contribution < 1.29 is 9.18 Å². The first-order valence-corrected chi connectivity index (χ1v) is 10.3. The van der Waals surface area contributed by atoms with Gasteiger partial charge in [-0.25, -0.2) is 4.39 Å². The van der Waals surface area contributed by atoms with Crippen molar-refractivity contribution in [2.75, 3.05) is 11.1 Å². The fourth-order valence-corrected chi connectivity index (χ4v) is 4.15. The molecule has 1 fully saturated rings. The topological polar surface area (TPSA) is 59.8 Å². The van der Waals surface area contributed by atoms with Gasteiger partial charge in [-0.2, -0.15) is 0 Å². The van der Waals surface area contributed by atoms with Crippen LogP contribution in [0.2, 0.25) is 10.0 Å². The maximum absolute atomic E-state index is 14.2. The summed E-state index contributed by atoms with van der Waals surface area (Å²) < 4.78 is 16.1. The van der Waals surface area contributed by atoms with Gasteiger partial charge < -0.3 is 5.32 Å². The lowest BCUT2D eigenvalue weighted by Crippen LogP contribution is -2.14. The molecule has 2 aromatic carbocycles. The van der Waals surface area contributed by atoms with E-state index >= 15 is 0 Å². The quantitative estimate of drug-likeness (QED) is 0.521. The molecule has 9 heteroatoms. The largest absolute Gasteiger partial charge is 0.325 e. The summed E-state index contributed by atoms with van der Waals surface area (Å²) in [6.45, 7) is 0. The lowest BCUT2D eigenvalue weighted by Gasteiger charge is -2.10. The number of amides is 1. The van der Waals surface area contributed by atoms with Crippen LogP contribution in [0.15, 0.2) is 47.6 Å². The minimum atomic E-state index is -0.344. The predicted molar refractivity (Wildman–Crippen MR) is 110 cm³/mol. The van der Waals surface area contributed by atoms with E-state index in [1.807, 2.05) is 4.57 Å². The molecule has 1 aliphatic rings. The predicted octanol–water partition coefficient (Wildman–Crippen LogP) is 5.46. The van der Waals surface area contributed by atoms with E-state index in [1.165, 1.54) is 17.8 Å². The molecule has 1 saturated carbocycles. The summed E-state index contributed by atoms with van der Waals surface area (Å²) >= 11 is 13.2. The Kier molecular flexibility index (Phi) is 5.57. The Labute approximate surface area is 175 Å². The lowest BCUT2D eigenvalue weighted by atomic mass is 10.2. The molecule has 5 nitrogen and oxygen atoms in total. The van der Waals surface area contributed by atoms with Crippen molar-refractivity contribution in [2.45, 2.75) is 24.0 Å². The molecule has 3 aromatic rings. The second kappa shape index (κ2) is 8.11. The number of benzene rings is 2. The zero-order valence-electron chi connectivity index (χ0n) is 14.5. The van der Waals surface area contributed by atoms with Crippen LogP contribution in [-0.2, 0) is 4.79 Å². The second-order valence-electron chi connectivity index (χ2n) is 6.38. The van der Waals surface area contributed by atoms with Crippen LogP contribution in [0.4, 0.5) is 10.1 Å². The van der Waals surface area contributed by atoms with Crippen LogP contribution in [0.25, 0.3) is 11.4 Å². The van der Waals surface area contributed by atoms with Crippen molar-refractivity contribution in [3.05, 3.63) is 58.3 Å². The van der Waals surface area contributed by atoms with Gasteiger partial charge in [-0.15, -0.1) is 10.2 Å². The number of carbonyl (C=O) groups is 1. The smallest absolute Gasteiger partial charge is 0.234 e. The Morgan fingerprint density at radius 2 is 1.89 bits per heavy atom. The van der Waals surface area contributed by atoms with Gasteiger partial charge in [0.05, 0.1) is 11.3 Å². The third kappa shape index (κ3) is 4.32. The third-order valence-electron chi connectivity index (χ3n) is 4.17. The number of nitrogens with one attached hydrogen (secondary N) is 1. The van der Waals surface area contributed by atoms with Crippen LogP contribution in [0.3, 0.4) is 0 Å². The van der Waals surface area contributed by atoms with Crippen LogP contribution in [0.1, 0.15) is 18.9 Å². The number of hydrogen-bond donors (Lipinski definition) is 1. The monoisotopic (exact) mass is 436 g/mol. The summed E-state index contributed by atoms with van der Waals surface area (Å²) in [7, 11) is 0. The minimum Gasteiger partial charge on any atom is -0.325 e. The van der Waals surface area contributed by atoms with Gasteiger partial charge in [0.2, 0.25) is 5.91 Å². The fourth-order valence-electron chi connectivity index (χ4n) is 2.82. The average Bonchev–Trinajstić information content (AvgIpc) is 3.39. The number of hydrogen-bond acceptors (Lipinski definition) is 4. The van der Waals surface area contributed by atoms with Gasteiger partial charge in [0.15, 0.2) is 11.0 Å². The number of rotatable bonds is 6. The van der Waals surface area contributed by atoms with Crippen molar-refractivity contribution in [3.63, 3.8) is 0 Å². The molecule has 0 atom stereocenters. The van der Waals surface area contributed by atoms with Gasteiger partial charge in [-0.3, -0.25) is 9.36 Å². The summed E-state index contributed by atoms with van der Waals surface area (Å²) in [6, 6.07) is 11.6. The zero-order valence-corrected chi connectivity index (χ0v) is 16.9. The highest BCUT2D eigenvalue weighted by atomic mass is 35.5. The molecule has 0 unspecified atom stereocenters. The minimum absolute atomic E-state index is 0.131. The molecule has 1 N–H and O–H groups in total. The molecular formula is C19H15Cl2FN4OS. The summed E-state index contributed by atoms with van der Waals surface area (Å²) in [5, 5.41) is 12.6. The molecule has 0 saturated heterocycles. The summed E-state index contributed by atoms with van der Waals surface area (Å²) in [4.78, 5) is 12.3. The first-order valence-electron chi connectivity index (χ1n) is 8.60.